The normalized spacial score (nSPS) is 15.0. The molecule has 0 aliphatic heterocycles. The molecule has 0 heterocycles. The van der Waals surface area contributed by atoms with Crippen molar-refractivity contribution < 1.29 is 4.43 Å². The maximum absolute atomic E-state index is 6.73. The van der Waals surface area contributed by atoms with Gasteiger partial charge in [-0.25, -0.2) is 0 Å². The van der Waals surface area contributed by atoms with Crippen molar-refractivity contribution in [2.24, 2.45) is 0 Å². The van der Waals surface area contributed by atoms with E-state index in [0.717, 1.165) is 0 Å². The van der Waals surface area contributed by atoms with E-state index in [0.29, 0.717) is 0 Å². The molecule has 0 N–H and O–H groups in total. The second-order valence-electron chi connectivity index (χ2n) is 9.77. The standard InChI is InChI=1S/C24H42OSi/c1-7-8-9-10-11-12-15-20-18-19-23(22-17-14-13-16-21(20)22)25-26(5,6)24(2,3)4/h18-19H,7-17H2,1-6H3. The predicted molar refractivity (Wildman–Crippen MR) is 118 cm³/mol. The molecule has 1 aliphatic rings. The number of hydrogen-bond donors (Lipinski definition) is 0. The average molecular weight is 375 g/mol. The molecule has 0 saturated carbocycles. The van der Waals surface area contributed by atoms with Crippen LogP contribution in [-0.4, -0.2) is 8.32 Å². The first-order valence-corrected chi connectivity index (χ1v) is 14.0. The smallest absolute Gasteiger partial charge is 0.250 e. The van der Waals surface area contributed by atoms with Crippen LogP contribution in [0.25, 0.3) is 0 Å². The van der Waals surface area contributed by atoms with E-state index in [2.05, 4.69) is 52.9 Å². The fourth-order valence-corrected chi connectivity index (χ4v) is 4.81. The molecule has 0 amide bonds. The first-order valence-electron chi connectivity index (χ1n) is 11.1. The van der Waals surface area contributed by atoms with Crippen molar-refractivity contribution in [1.82, 2.24) is 0 Å². The summed E-state index contributed by atoms with van der Waals surface area (Å²) in [4.78, 5) is 0. The minimum absolute atomic E-state index is 0.256. The van der Waals surface area contributed by atoms with Crippen LogP contribution in [0.3, 0.4) is 0 Å². The summed E-state index contributed by atoms with van der Waals surface area (Å²) in [7, 11) is -1.77. The van der Waals surface area contributed by atoms with Crippen molar-refractivity contribution in [3.63, 3.8) is 0 Å². The lowest BCUT2D eigenvalue weighted by Crippen LogP contribution is -2.44. The van der Waals surface area contributed by atoms with Crippen LogP contribution in [0.15, 0.2) is 12.1 Å². The van der Waals surface area contributed by atoms with E-state index in [1.54, 1.807) is 16.7 Å². The number of benzene rings is 1. The maximum Gasteiger partial charge on any atom is 0.250 e. The van der Waals surface area contributed by atoms with E-state index >= 15 is 0 Å². The van der Waals surface area contributed by atoms with Gasteiger partial charge in [0.15, 0.2) is 0 Å². The third kappa shape index (κ3) is 5.61. The topological polar surface area (TPSA) is 9.23 Å². The van der Waals surface area contributed by atoms with Gasteiger partial charge in [-0.3, -0.25) is 0 Å². The van der Waals surface area contributed by atoms with Crippen LogP contribution in [0.4, 0.5) is 0 Å². The van der Waals surface area contributed by atoms with Gasteiger partial charge in [-0.1, -0.05) is 65.9 Å². The van der Waals surface area contributed by atoms with Gasteiger partial charge in [-0.2, -0.15) is 0 Å². The molecule has 2 rings (SSSR count). The Morgan fingerprint density at radius 2 is 1.50 bits per heavy atom. The van der Waals surface area contributed by atoms with Gasteiger partial charge in [0.2, 0.25) is 8.32 Å². The summed E-state index contributed by atoms with van der Waals surface area (Å²) in [6.45, 7) is 14.0. The zero-order valence-electron chi connectivity index (χ0n) is 18.3. The lowest BCUT2D eigenvalue weighted by atomic mass is 9.86. The van der Waals surface area contributed by atoms with Crippen molar-refractivity contribution in [2.75, 3.05) is 0 Å². The number of hydrogen-bond acceptors (Lipinski definition) is 1. The van der Waals surface area contributed by atoms with Crippen LogP contribution in [0.2, 0.25) is 18.1 Å². The van der Waals surface area contributed by atoms with E-state index in [1.165, 1.54) is 76.4 Å². The highest BCUT2D eigenvalue weighted by atomic mass is 28.4. The maximum atomic E-state index is 6.73. The third-order valence-corrected chi connectivity index (χ3v) is 10.9. The highest BCUT2D eigenvalue weighted by molar-refractivity contribution is 6.74. The van der Waals surface area contributed by atoms with Crippen LogP contribution in [0, 0.1) is 0 Å². The Balaban J connectivity index is 2.09. The van der Waals surface area contributed by atoms with Crippen LogP contribution in [0.1, 0.15) is 95.8 Å². The number of unbranched alkanes of at least 4 members (excludes halogenated alkanes) is 5. The fraction of sp³-hybridized carbons (Fsp3) is 0.750. The molecular formula is C24H42OSi. The molecular weight excluding hydrogens is 332 g/mol. The van der Waals surface area contributed by atoms with Crippen molar-refractivity contribution in [1.29, 1.82) is 0 Å². The summed E-state index contributed by atoms with van der Waals surface area (Å²) in [5.41, 5.74) is 4.79. The van der Waals surface area contributed by atoms with Crippen molar-refractivity contribution >= 4 is 8.32 Å². The zero-order valence-corrected chi connectivity index (χ0v) is 19.3. The Hall–Kier alpha value is -0.763. The Morgan fingerprint density at radius 3 is 2.15 bits per heavy atom. The summed E-state index contributed by atoms with van der Waals surface area (Å²) in [5, 5.41) is 0.256. The minimum Gasteiger partial charge on any atom is -0.543 e. The second-order valence-corrected chi connectivity index (χ2v) is 14.5. The van der Waals surface area contributed by atoms with Crippen LogP contribution >= 0.6 is 0 Å². The highest BCUT2D eigenvalue weighted by Gasteiger charge is 2.39. The zero-order chi connectivity index (χ0) is 19.2. The average Bonchev–Trinajstić information content (AvgIpc) is 2.58. The van der Waals surface area contributed by atoms with Crippen LogP contribution < -0.4 is 4.43 Å². The first-order chi connectivity index (χ1) is 12.3. The molecule has 0 radical (unpaired) electrons. The molecule has 148 valence electrons. The Kier molecular flexibility index (Phi) is 7.82. The molecule has 1 aromatic rings. The Labute approximate surface area is 164 Å². The largest absolute Gasteiger partial charge is 0.543 e. The van der Waals surface area contributed by atoms with Gasteiger partial charge in [0, 0.05) is 0 Å². The van der Waals surface area contributed by atoms with Crippen LogP contribution in [-0.2, 0) is 19.3 Å². The summed E-state index contributed by atoms with van der Waals surface area (Å²) >= 11 is 0. The molecule has 0 fully saturated rings. The molecule has 2 heteroatoms. The van der Waals surface area contributed by atoms with Gasteiger partial charge in [-0.15, -0.1) is 0 Å². The monoisotopic (exact) mass is 374 g/mol. The SMILES string of the molecule is CCCCCCCCc1ccc(O[Si](C)(C)C(C)(C)C)c2c1CCCC2. The quantitative estimate of drug-likeness (QED) is 0.316. The van der Waals surface area contributed by atoms with Gasteiger partial charge in [0.1, 0.15) is 5.75 Å². The summed E-state index contributed by atoms with van der Waals surface area (Å²) in [5.74, 6) is 1.21. The highest BCUT2D eigenvalue weighted by Crippen LogP contribution is 2.40. The Bertz CT molecular complexity index is 568. The number of fused-ring (bicyclic) bond motifs is 1. The molecule has 1 nitrogen and oxygen atoms in total. The number of rotatable bonds is 9. The molecule has 1 aromatic carbocycles. The van der Waals surface area contributed by atoms with E-state index in [1.807, 2.05) is 0 Å². The van der Waals surface area contributed by atoms with Crippen molar-refractivity contribution in [3.8, 4) is 5.75 Å². The number of aryl methyl sites for hydroxylation is 1. The molecule has 0 unspecified atom stereocenters. The molecule has 0 spiro atoms. The van der Waals surface area contributed by atoms with Gasteiger partial charge >= 0.3 is 0 Å². The van der Waals surface area contributed by atoms with E-state index in [4.69, 9.17) is 4.43 Å². The lowest BCUT2D eigenvalue weighted by molar-refractivity contribution is 0.481. The molecule has 0 atom stereocenters. The minimum atomic E-state index is -1.77. The van der Waals surface area contributed by atoms with E-state index in [9.17, 15) is 0 Å². The van der Waals surface area contributed by atoms with E-state index < -0.39 is 8.32 Å². The van der Waals surface area contributed by atoms with Gasteiger partial charge in [0.25, 0.3) is 0 Å². The molecule has 26 heavy (non-hydrogen) atoms. The first kappa shape index (κ1) is 21.5. The van der Waals surface area contributed by atoms with Crippen molar-refractivity contribution in [3.05, 3.63) is 28.8 Å². The molecule has 0 aromatic heterocycles. The van der Waals surface area contributed by atoms with Gasteiger partial charge < -0.3 is 4.43 Å². The van der Waals surface area contributed by atoms with E-state index in [-0.39, 0.29) is 5.04 Å². The summed E-state index contributed by atoms with van der Waals surface area (Å²) in [6, 6.07) is 4.69. The molecule has 0 bridgehead atoms. The summed E-state index contributed by atoms with van der Waals surface area (Å²) < 4.78 is 6.73. The lowest BCUT2D eigenvalue weighted by Gasteiger charge is -2.38. The molecule has 1 aliphatic carbocycles. The van der Waals surface area contributed by atoms with Crippen LogP contribution in [0.5, 0.6) is 5.75 Å². The third-order valence-electron chi connectivity index (χ3n) is 6.56. The second kappa shape index (κ2) is 9.44. The molecule has 0 saturated heterocycles. The predicted octanol–water partition coefficient (Wildman–Crippen LogP) is 7.85. The van der Waals surface area contributed by atoms with Gasteiger partial charge in [0.05, 0.1) is 0 Å². The van der Waals surface area contributed by atoms with Crippen molar-refractivity contribution in [2.45, 2.75) is 116 Å². The Morgan fingerprint density at radius 1 is 0.885 bits per heavy atom. The summed E-state index contributed by atoms with van der Waals surface area (Å²) in [6.07, 6.45) is 14.7. The van der Waals surface area contributed by atoms with Gasteiger partial charge in [-0.05, 0) is 79.4 Å². The fourth-order valence-electron chi connectivity index (χ4n) is 3.76.